The fraction of sp³-hybridized carbons (Fsp3) is 0.938. The number of urea groups is 1. The van der Waals surface area contributed by atoms with Crippen molar-refractivity contribution in [3.8, 4) is 0 Å². The molecule has 3 aliphatic rings. The Bertz CT molecular complexity index is 467. The molecule has 0 aromatic rings. The summed E-state index contributed by atoms with van der Waals surface area (Å²) in [5.41, 5.74) is -0.125. The van der Waals surface area contributed by atoms with Crippen LogP contribution in [-0.4, -0.2) is 37.0 Å². The predicted molar refractivity (Wildman–Crippen MR) is 78.9 cm³/mol. The van der Waals surface area contributed by atoms with E-state index in [1.807, 2.05) is 0 Å². The van der Waals surface area contributed by atoms with Crippen molar-refractivity contribution < 1.29 is 22.7 Å². The lowest BCUT2D eigenvalue weighted by molar-refractivity contribution is -0.183. The van der Waals surface area contributed by atoms with Crippen molar-refractivity contribution in [2.45, 2.75) is 70.3 Å². The van der Waals surface area contributed by atoms with Crippen LogP contribution >= 0.6 is 0 Å². The van der Waals surface area contributed by atoms with Gasteiger partial charge < -0.3 is 15.4 Å². The molecule has 0 radical (unpaired) electrons. The molecule has 0 bridgehead atoms. The highest BCUT2D eigenvalue weighted by molar-refractivity contribution is 5.75. The van der Waals surface area contributed by atoms with Crippen LogP contribution in [0.25, 0.3) is 0 Å². The standard InChI is InChI=1S/C16H25F3N2O2/c1-15(2)12(11-6-7-23-13(11)15)21-14(22)20-10-5-3-4-9(8-10)16(17,18)19/h9-13H,3-8H2,1-2H3,(H2,20,21,22)/t9-,10+,11-,12+,13-/m0/s1. The third kappa shape index (κ3) is 3.16. The Morgan fingerprint density at radius 1 is 1.17 bits per heavy atom. The Labute approximate surface area is 134 Å². The zero-order valence-electron chi connectivity index (χ0n) is 13.6. The summed E-state index contributed by atoms with van der Waals surface area (Å²) in [4.78, 5) is 12.2. The summed E-state index contributed by atoms with van der Waals surface area (Å²) in [6, 6.07) is -0.715. The van der Waals surface area contributed by atoms with Crippen LogP contribution in [0.5, 0.6) is 0 Å². The highest BCUT2D eigenvalue weighted by atomic mass is 19.4. The number of carbonyl (C=O) groups excluding carboxylic acids is 1. The quantitative estimate of drug-likeness (QED) is 0.815. The van der Waals surface area contributed by atoms with Gasteiger partial charge in [-0.25, -0.2) is 4.79 Å². The molecule has 1 saturated heterocycles. The summed E-state index contributed by atoms with van der Waals surface area (Å²) < 4.78 is 44.2. The van der Waals surface area contributed by atoms with Crippen molar-refractivity contribution in [2.75, 3.05) is 6.61 Å². The third-order valence-electron chi connectivity index (χ3n) is 5.86. The van der Waals surface area contributed by atoms with Gasteiger partial charge in [0.15, 0.2) is 0 Å². The average molecular weight is 334 g/mol. The van der Waals surface area contributed by atoms with Crippen LogP contribution in [-0.2, 0) is 4.74 Å². The minimum absolute atomic E-state index is 0.0137. The predicted octanol–water partition coefficient (Wildman–Crippen LogP) is 3.22. The fourth-order valence-electron chi connectivity index (χ4n) is 4.60. The first-order valence-electron chi connectivity index (χ1n) is 8.45. The molecule has 2 amide bonds. The fourth-order valence-corrected chi connectivity index (χ4v) is 4.60. The number of halogens is 3. The molecule has 2 N–H and O–H groups in total. The molecule has 5 atom stereocenters. The number of hydrogen-bond donors (Lipinski definition) is 2. The molecule has 1 aliphatic heterocycles. The topological polar surface area (TPSA) is 50.4 Å². The number of nitrogens with one attached hydrogen (secondary N) is 2. The SMILES string of the molecule is CC1(C)[C@H](NC(=O)N[C@@H]2CCC[C@H](C(F)(F)F)C2)[C@@H]2CCO[C@@H]21. The van der Waals surface area contributed by atoms with Gasteiger partial charge in [0.2, 0.25) is 0 Å². The molecule has 0 spiro atoms. The summed E-state index contributed by atoms with van der Waals surface area (Å²) in [5, 5.41) is 5.71. The molecule has 2 aliphatic carbocycles. The average Bonchev–Trinajstić information content (AvgIpc) is 2.91. The Hall–Kier alpha value is -0.980. The first-order chi connectivity index (χ1) is 10.7. The number of alkyl halides is 3. The van der Waals surface area contributed by atoms with Crippen LogP contribution < -0.4 is 10.6 Å². The van der Waals surface area contributed by atoms with Crippen molar-refractivity contribution >= 4 is 6.03 Å². The van der Waals surface area contributed by atoms with Crippen molar-refractivity contribution in [3.05, 3.63) is 0 Å². The van der Waals surface area contributed by atoms with Crippen molar-refractivity contribution in [1.82, 2.24) is 10.6 Å². The smallest absolute Gasteiger partial charge is 0.377 e. The van der Waals surface area contributed by atoms with Crippen LogP contribution in [0.2, 0.25) is 0 Å². The molecule has 0 unspecified atom stereocenters. The van der Waals surface area contributed by atoms with Crippen molar-refractivity contribution in [1.29, 1.82) is 0 Å². The Morgan fingerprint density at radius 2 is 1.91 bits per heavy atom. The highest BCUT2D eigenvalue weighted by Crippen LogP contribution is 2.52. The lowest BCUT2D eigenvalue weighted by Crippen LogP contribution is -2.68. The summed E-state index contributed by atoms with van der Waals surface area (Å²) in [7, 11) is 0. The first kappa shape index (κ1) is 16.9. The van der Waals surface area contributed by atoms with Gasteiger partial charge in [-0.3, -0.25) is 0 Å². The first-order valence-corrected chi connectivity index (χ1v) is 8.45. The molecule has 1 heterocycles. The number of carbonyl (C=O) groups is 1. The van der Waals surface area contributed by atoms with Gasteiger partial charge in [-0.2, -0.15) is 13.2 Å². The maximum Gasteiger partial charge on any atom is 0.391 e. The maximum atomic E-state index is 12.8. The number of amides is 2. The van der Waals surface area contributed by atoms with E-state index in [-0.39, 0.29) is 36.4 Å². The Kier molecular flexibility index (Phi) is 4.27. The molecule has 23 heavy (non-hydrogen) atoms. The molecular formula is C16H25F3N2O2. The van der Waals surface area contributed by atoms with E-state index >= 15 is 0 Å². The van der Waals surface area contributed by atoms with E-state index < -0.39 is 18.1 Å². The van der Waals surface area contributed by atoms with E-state index in [0.29, 0.717) is 25.4 Å². The van der Waals surface area contributed by atoms with Gasteiger partial charge in [-0.05, 0) is 25.7 Å². The van der Waals surface area contributed by atoms with Gasteiger partial charge in [0.1, 0.15) is 0 Å². The maximum absolute atomic E-state index is 12.8. The van der Waals surface area contributed by atoms with E-state index in [1.165, 1.54) is 0 Å². The number of fused-ring (bicyclic) bond motifs is 1. The van der Waals surface area contributed by atoms with Crippen molar-refractivity contribution in [2.24, 2.45) is 17.3 Å². The molecule has 2 saturated carbocycles. The van der Waals surface area contributed by atoms with Gasteiger partial charge in [-0.15, -0.1) is 0 Å². The molecule has 0 aromatic carbocycles. The molecule has 3 fully saturated rings. The summed E-state index contributed by atoms with van der Waals surface area (Å²) >= 11 is 0. The molecule has 0 aromatic heterocycles. The lowest BCUT2D eigenvalue weighted by Gasteiger charge is -2.54. The van der Waals surface area contributed by atoms with Crippen LogP contribution in [0.1, 0.15) is 46.0 Å². The number of hydrogen-bond acceptors (Lipinski definition) is 2. The van der Waals surface area contributed by atoms with E-state index in [1.54, 1.807) is 0 Å². The van der Waals surface area contributed by atoms with Gasteiger partial charge in [0.05, 0.1) is 12.0 Å². The van der Waals surface area contributed by atoms with Crippen LogP contribution in [0.15, 0.2) is 0 Å². The van der Waals surface area contributed by atoms with E-state index in [2.05, 4.69) is 24.5 Å². The van der Waals surface area contributed by atoms with Crippen LogP contribution in [0, 0.1) is 17.3 Å². The summed E-state index contributed by atoms with van der Waals surface area (Å²) in [5.74, 6) is -0.973. The normalized spacial score (nSPS) is 39.3. The van der Waals surface area contributed by atoms with E-state index in [0.717, 1.165) is 6.42 Å². The Morgan fingerprint density at radius 3 is 2.61 bits per heavy atom. The van der Waals surface area contributed by atoms with E-state index in [4.69, 9.17) is 4.74 Å². The van der Waals surface area contributed by atoms with Gasteiger partial charge >= 0.3 is 12.2 Å². The second kappa shape index (κ2) is 5.83. The molecular weight excluding hydrogens is 309 g/mol. The molecule has 132 valence electrons. The zero-order valence-corrected chi connectivity index (χ0v) is 13.6. The highest BCUT2D eigenvalue weighted by Gasteiger charge is 2.59. The minimum atomic E-state index is -4.17. The van der Waals surface area contributed by atoms with E-state index in [9.17, 15) is 18.0 Å². The molecule has 3 rings (SSSR count). The summed E-state index contributed by atoms with van der Waals surface area (Å²) in [6.07, 6.45) is -1.79. The third-order valence-corrected chi connectivity index (χ3v) is 5.86. The summed E-state index contributed by atoms with van der Waals surface area (Å²) in [6.45, 7) is 4.84. The van der Waals surface area contributed by atoms with Gasteiger partial charge in [0.25, 0.3) is 0 Å². The largest absolute Gasteiger partial charge is 0.391 e. The zero-order chi connectivity index (χ0) is 16.8. The van der Waals surface area contributed by atoms with Crippen LogP contribution in [0.4, 0.5) is 18.0 Å². The molecule has 4 nitrogen and oxygen atoms in total. The molecule has 7 heteroatoms. The second-order valence-electron chi connectivity index (χ2n) is 7.76. The number of ether oxygens (including phenoxy) is 1. The second-order valence-corrected chi connectivity index (χ2v) is 7.76. The van der Waals surface area contributed by atoms with Crippen molar-refractivity contribution in [3.63, 3.8) is 0 Å². The Balaban J connectivity index is 1.52. The number of rotatable bonds is 2. The van der Waals surface area contributed by atoms with Gasteiger partial charge in [0, 0.05) is 30.0 Å². The monoisotopic (exact) mass is 334 g/mol. The van der Waals surface area contributed by atoms with Crippen LogP contribution in [0.3, 0.4) is 0 Å². The van der Waals surface area contributed by atoms with Gasteiger partial charge in [-0.1, -0.05) is 20.3 Å². The minimum Gasteiger partial charge on any atom is -0.377 e. The lowest BCUT2D eigenvalue weighted by atomic mass is 9.57.